The Morgan fingerprint density at radius 1 is 1.42 bits per heavy atom. The first kappa shape index (κ1) is 18.9. The second-order valence-electron chi connectivity index (χ2n) is 6.74. The molecule has 6 heteroatoms. The predicted molar refractivity (Wildman–Crippen MR) is 100.0 cm³/mol. The first-order valence-corrected chi connectivity index (χ1v) is 9.16. The van der Waals surface area contributed by atoms with Crippen LogP contribution in [0, 0.1) is 12.8 Å². The average Bonchev–Trinajstić information content (AvgIpc) is 2.50. The number of aryl methyl sites for hydroxylation is 1. The van der Waals surface area contributed by atoms with E-state index in [1.165, 1.54) is 11.3 Å². The third kappa shape index (κ3) is 5.60. The molecule has 1 fully saturated rings. The van der Waals surface area contributed by atoms with Crippen LogP contribution in [0.5, 0.6) is 0 Å². The van der Waals surface area contributed by atoms with Crippen molar-refractivity contribution < 1.29 is 9.59 Å². The van der Waals surface area contributed by atoms with E-state index in [1.54, 1.807) is 7.05 Å². The van der Waals surface area contributed by atoms with Gasteiger partial charge in [0.2, 0.25) is 11.8 Å². The molecular formula is C18H26BrN3O2. The Hall–Kier alpha value is -1.40. The van der Waals surface area contributed by atoms with Crippen molar-refractivity contribution in [2.75, 3.05) is 38.5 Å². The van der Waals surface area contributed by atoms with Crippen LogP contribution in [0.1, 0.15) is 25.3 Å². The molecule has 2 rings (SSSR count). The number of rotatable bonds is 5. The molecule has 1 aliphatic heterocycles. The fourth-order valence-corrected chi connectivity index (χ4v) is 3.48. The van der Waals surface area contributed by atoms with Gasteiger partial charge in [0, 0.05) is 23.8 Å². The molecule has 5 nitrogen and oxygen atoms in total. The summed E-state index contributed by atoms with van der Waals surface area (Å²) < 4.78 is 0.973. The van der Waals surface area contributed by atoms with Gasteiger partial charge in [-0.15, -0.1) is 0 Å². The van der Waals surface area contributed by atoms with Crippen molar-refractivity contribution in [3.63, 3.8) is 0 Å². The highest BCUT2D eigenvalue weighted by molar-refractivity contribution is 9.10. The number of hydrogen-bond acceptors (Lipinski definition) is 3. The Morgan fingerprint density at radius 2 is 2.17 bits per heavy atom. The zero-order valence-electron chi connectivity index (χ0n) is 14.6. The molecule has 1 N–H and O–H groups in total. The summed E-state index contributed by atoms with van der Waals surface area (Å²) in [5.74, 6) is 0.454. The van der Waals surface area contributed by atoms with E-state index in [-0.39, 0.29) is 18.4 Å². The Bertz CT molecular complexity index is 606. The number of likely N-dealkylation sites (N-methyl/N-ethyl adjacent to an activating group) is 1. The number of likely N-dealkylation sites (tertiary alicyclic amines) is 1. The molecule has 1 aliphatic rings. The summed E-state index contributed by atoms with van der Waals surface area (Å²) in [5, 5.41) is 2.87. The van der Waals surface area contributed by atoms with Crippen LogP contribution >= 0.6 is 15.9 Å². The van der Waals surface area contributed by atoms with Crippen LogP contribution in [-0.4, -0.2) is 54.8 Å². The lowest BCUT2D eigenvalue weighted by atomic mass is 10.0. The molecule has 1 aromatic rings. The molecule has 0 unspecified atom stereocenters. The van der Waals surface area contributed by atoms with Crippen LogP contribution in [0.4, 0.5) is 5.69 Å². The third-order valence-corrected chi connectivity index (χ3v) is 4.86. The van der Waals surface area contributed by atoms with E-state index in [1.807, 2.05) is 25.1 Å². The third-order valence-electron chi connectivity index (χ3n) is 4.37. The number of anilines is 1. The molecular weight excluding hydrogens is 370 g/mol. The van der Waals surface area contributed by atoms with Crippen LogP contribution in [0.3, 0.4) is 0 Å². The van der Waals surface area contributed by atoms with E-state index in [4.69, 9.17) is 0 Å². The molecule has 0 saturated carbocycles. The fourth-order valence-electron chi connectivity index (χ4n) is 3.00. The topological polar surface area (TPSA) is 52.7 Å². The molecule has 0 radical (unpaired) electrons. The monoisotopic (exact) mass is 395 g/mol. The number of carbonyl (C=O) groups is 2. The van der Waals surface area contributed by atoms with Gasteiger partial charge in [0.05, 0.1) is 13.1 Å². The van der Waals surface area contributed by atoms with Crippen LogP contribution < -0.4 is 5.32 Å². The number of piperidine rings is 1. The zero-order chi connectivity index (χ0) is 17.7. The number of carbonyl (C=O) groups excluding carboxylic acids is 2. The lowest BCUT2D eigenvalue weighted by Crippen LogP contribution is -2.44. The van der Waals surface area contributed by atoms with Crippen molar-refractivity contribution in [1.82, 2.24) is 9.80 Å². The van der Waals surface area contributed by atoms with E-state index in [2.05, 4.69) is 33.1 Å². The van der Waals surface area contributed by atoms with Crippen LogP contribution in [0.15, 0.2) is 22.7 Å². The second kappa shape index (κ2) is 8.62. The number of nitrogens with one attached hydrogen (secondary N) is 1. The maximum atomic E-state index is 12.3. The summed E-state index contributed by atoms with van der Waals surface area (Å²) in [6.07, 6.45) is 2.37. The Balaban J connectivity index is 1.83. The highest BCUT2D eigenvalue weighted by Crippen LogP contribution is 2.20. The number of nitrogens with zero attached hydrogens (tertiary/aromatic N) is 2. The molecule has 1 saturated heterocycles. The molecule has 0 aromatic heterocycles. The lowest BCUT2D eigenvalue weighted by Gasteiger charge is -2.31. The molecule has 132 valence electrons. The highest BCUT2D eigenvalue weighted by atomic mass is 79.9. The molecule has 1 heterocycles. The molecule has 0 bridgehead atoms. The SMILES string of the molecule is Cc1cc(Br)ccc1NC(=O)CN(C)C(=O)CN1CCC[C@@H](C)C1. The van der Waals surface area contributed by atoms with Gasteiger partial charge in [-0.25, -0.2) is 0 Å². The van der Waals surface area contributed by atoms with Crippen LogP contribution in [-0.2, 0) is 9.59 Å². The van der Waals surface area contributed by atoms with Crippen LogP contribution in [0.2, 0.25) is 0 Å². The summed E-state index contributed by atoms with van der Waals surface area (Å²) in [6.45, 7) is 6.54. The quantitative estimate of drug-likeness (QED) is 0.833. The molecule has 1 atom stereocenters. The fraction of sp³-hybridized carbons (Fsp3) is 0.556. The van der Waals surface area contributed by atoms with E-state index < -0.39 is 0 Å². The Labute approximate surface area is 152 Å². The van der Waals surface area contributed by atoms with Gasteiger partial charge in [-0.3, -0.25) is 14.5 Å². The zero-order valence-corrected chi connectivity index (χ0v) is 16.2. The molecule has 1 aromatic carbocycles. The van der Waals surface area contributed by atoms with Gasteiger partial charge in [-0.05, 0) is 56.0 Å². The van der Waals surface area contributed by atoms with E-state index in [0.29, 0.717) is 12.5 Å². The van der Waals surface area contributed by atoms with Gasteiger partial charge in [-0.2, -0.15) is 0 Å². The number of benzene rings is 1. The maximum absolute atomic E-state index is 12.3. The summed E-state index contributed by atoms with van der Waals surface area (Å²) >= 11 is 3.40. The number of hydrogen-bond donors (Lipinski definition) is 1. The molecule has 0 spiro atoms. The van der Waals surface area contributed by atoms with Crippen molar-refractivity contribution in [2.45, 2.75) is 26.7 Å². The molecule has 0 aliphatic carbocycles. The van der Waals surface area contributed by atoms with Crippen molar-refractivity contribution in [3.05, 3.63) is 28.2 Å². The minimum atomic E-state index is -0.178. The largest absolute Gasteiger partial charge is 0.335 e. The van der Waals surface area contributed by atoms with Crippen molar-refractivity contribution in [3.8, 4) is 0 Å². The molecule has 2 amide bonds. The summed E-state index contributed by atoms with van der Waals surface area (Å²) in [5.41, 5.74) is 1.75. The van der Waals surface area contributed by atoms with Gasteiger partial charge < -0.3 is 10.2 Å². The van der Waals surface area contributed by atoms with Gasteiger partial charge in [-0.1, -0.05) is 22.9 Å². The summed E-state index contributed by atoms with van der Waals surface area (Å²) in [6, 6.07) is 5.69. The Kier molecular flexibility index (Phi) is 6.80. The van der Waals surface area contributed by atoms with Gasteiger partial charge in [0.15, 0.2) is 0 Å². The standard InChI is InChI=1S/C18H26BrN3O2/c1-13-5-4-8-22(10-13)12-18(24)21(3)11-17(23)20-16-7-6-15(19)9-14(16)2/h6-7,9,13H,4-5,8,10-12H2,1-3H3,(H,20,23)/t13-/m1/s1. The second-order valence-corrected chi connectivity index (χ2v) is 7.66. The smallest absolute Gasteiger partial charge is 0.243 e. The summed E-state index contributed by atoms with van der Waals surface area (Å²) in [7, 11) is 1.68. The van der Waals surface area contributed by atoms with E-state index in [0.717, 1.165) is 35.2 Å². The highest BCUT2D eigenvalue weighted by Gasteiger charge is 2.21. The minimum Gasteiger partial charge on any atom is -0.335 e. The van der Waals surface area contributed by atoms with E-state index in [9.17, 15) is 9.59 Å². The first-order valence-electron chi connectivity index (χ1n) is 8.37. The Morgan fingerprint density at radius 3 is 2.83 bits per heavy atom. The average molecular weight is 396 g/mol. The first-order chi connectivity index (χ1) is 11.3. The van der Waals surface area contributed by atoms with Gasteiger partial charge in [0.25, 0.3) is 0 Å². The minimum absolute atomic E-state index is 0.00761. The van der Waals surface area contributed by atoms with E-state index >= 15 is 0 Å². The maximum Gasteiger partial charge on any atom is 0.243 e. The van der Waals surface area contributed by atoms with Crippen LogP contribution in [0.25, 0.3) is 0 Å². The van der Waals surface area contributed by atoms with Crippen molar-refractivity contribution in [2.24, 2.45) is 5.92 Å². The van der Waals surface area contributed by atoms with Gasteiger partial charge >= 0.3 is 0 Å². The predicted octanol–water partition coefficient (Wildman–Crippen LogP) is 2.89. The normalized spacial score (nSPS) is 18.2. The van der Waals surface area contributed by atoms with Crippen molar-refractivity contribution >= 4 is 33.4 Å². The summed E-state index contributed by atoms with van der Waals surface area (Å²) in [4.78, 5) is 28.2. The lowest BCUT2D eigenvalue weighted by molar-refractivity contribution is -0.134. The van der Waals surface area contributed by atoms with Gasteiger partial charge in [0.1, 0.15) is 0 Å². The van der Waals surface area contributed by atoms with Crippen molar-refractivity contribution in [1.29, 1.82) is 0 Å². The number of halogens is 1. The molecule has 24 heavy (non-hydrogen) atoms. The number of amides is 2.